The van der Waals surface area contributed by atoms with Crippen molar-refractivity contribution >= 4 is 11.8 Å². The molecule has 10 nitrogen and oxygen atoms in total. The van der Waals surface area contributed by atoms with Crippen LogP contribution in [0.25, 0.3) is 0 Å². The fourth-order valence-electron chi connectivity index (χ4n) is 3.80. The average Bonchev–Trinajstić information content (AvgIpc) is 3.00. The molecule has 3 aromatic rings. The number of hydrogen-bond acceptors (Lipinski definition) is 8. The number of aliphatic hydroxyl groups excluding tert-OH is 2. The second-order valence-electron chi connectivity index (χ2n) is 12.2. The Hall–Kier alpha value is -3.99. The standard InChI is InChI=1S/C14H30N2O3.C14H14O.C7H7NO2.C2H6O/c1-12(2)11-16(9-10-17)8-6-7-15-13(18)19-14(3,4)5;1-12-7-9-14(10-8-12)15-11-13-5-3-2-4-6-13;1-6-2-4-7(5-3-6)8(9)10;1-2-3/h12,17H,6-11H2,1-5H3,(H,15,18);2-10H,11H2,1H3;2-5H,1H3;3H,2H2,1H3. The van der Waals surface area contributed by atoms with Crippen LogP contribution >= 0.6 is 0 Å². The average molecular weight is 656 g/mol. The molecule has 0 unspecified atom stereocenters. The number of amides is 1. The summed E-state index contributed by atoms with van der Waals surface area (Å²) in [4.78, 5) is 23.3. The van der Waals surface area contributed by atoms with E-state index < -0.39 is 10.5 Å². The molecule has 0 aliphatic heterocycles. The van der Waals surface area contributed by atoms with E-state index >= 15 is 0 Å². The third-order valence-corrected chi connectivity index (χ3v) is 5.87. The van der Waals surface area contributed by atoms with Gasteiger partial charge < -0.3 is 29.9 Å². The topological polar surface area (TPSA) is 134 Å². The highest BCUT2D eigenvalue weighted by Gasteiger charge is 2.15. The number of hydrogen-bond donors (Lipinski definition) is 3. The van der Waals surface area contributed by atoms with Crippen molar-refractivity contribution in [3.63, 3.8) is 0 Å². The van der Waals surface area contributed by atoms with Crippen molar-refractivity contribution in [3.8, 4) is 5.75 Å². The molecule has 3 aromatic carbocycles. The Bertz CT molecular complexity index is 1210. The molecule has 47 heavy (non-hydrogen) atoms. The van der Waals surface area contributed by atoms with Crippen LogP contribution in [-0.2, 0) is 11.3 Å². The minimum Gasteiger partial charge on any atom is -0.489 e. The number of carbonyl (C=O) groups is 1. The Labute approximate surface area is 281 Å². The summed E-state index contributed by atoms with van der Waals surface area (Å²) in [6, 6.07) is 24.7. The summed E-state index contributed by atoms with van der Waals surface area (Å²) in [6.45, 7) is 19.7. The maximum Gasteiger partial charge on any atom is 0.407 e. The lowest BCUT2D eigenvalue weighted by molar-refractivity contribution is -0.384. The van der Waals surface area contributed by atoms with Crippen LogP contribution in [0.15, 0.2) is 78.9 Å². The van der Waals surface area contributed by atoms with Crippen LogP contribution in [0.3, 0.4) is 0 Å². The van der Waals surface area contributed by atoms with E-state index in [4.69, 9.17) is 19.7 Å². The van der Waals surface area contributed by atoms with E-state index in [2.05, 4.69) is 55.3 Å². The fraction of sp³-hybridized carbons (Fsp3) is 0.486. The molecule has 0 heterocycles. The van der Waals surface area contributed by atoms with E-state index in [0.29, 0.717) is 25.6 Å². The monoisotopic (exact) mass is 655 g/mol. The predicted molar refractivity (Wildman–Crippen MR) is 190 cm³/mol. The SMILES string of the molecule is CC(C)CN(CCO)CCCNC(=O)OC(C)(C)C.CCO.Cc1ccc(OCc2ccccc2)cc1.Cc1ccc([N+](=O)[O-])cc1. The first-order valence-corrected chi connectivity index (χ1v) is 16.1. The first kappa shape index (κ1) is 43.0. The van der Waals surface area contributed by atoms with Crippen LogP contribution in [0.2, 0.25) is 0 Å². The molecule has 0 aliphatic rings. The number of nitrogens with zero attached hydrogens (tertiary/aromatic N) is 2. The number of aliphatic hydroxyl groups is 2. The van der Waals surface area contributed by atoms with Crippen LogP contribution in [0.5, 0.6) is 5.75 Å². The Morgan fingerprint density at radius 3 is 1.91 bits per heavy atom. The van der Waals surface area contributed by atoms with Gasteiger partial charge in [-0.2, -0.15) is 0 Å². The highest BCUT2D eigenvalue weighted by molar-refractivity contribution is 5.67. The van der Waals surface area contributed by atoms with Gasteiger partial charge >= 0.3 is 6.09 Å². The molecule has 0 saturated heterocycles. The Morgan fingerprint density at radius 1 is 0.915 bits per heavy atom. The lowest BCUT2D eigenvalue weighted by Gasteiger charge is -2.23. The van der Waals surface area contributed by atoms with Crippen molar-refractivity contribution in [2.24, 2.45) is 5.92 Å². The zero-order valence-electron chi connectivity index (χ0n) is 29.6. The van der Waals surface area contributed by atoms with Crippen molar-refractivity contribution < 1.29 is 29.4 Å². The van der Waals surface area contributed by atoms with E-state index in [1.165, 1.54) is 23.3 Å². The number of non-ortho nitro benzene ring substituents is 1. The van der Waals surface area contributed by atoms with Crippen molar-refractivity contribution in [2.45, 2.75) is 74.0 Å². The second-order valence-corrected chi connectivity index (χ2v) is 12.2. The third kappa shape index (κ3) is 24.9. The molecule has 0 radical (unpaired) electrons. The lowest BCUT2D eigenvalue weighted by Crippen LogP contribution is -2.36. The first-order valence-electron chi connectivity index (χ1n) is 16.1. The van der Waals surface area contributed by atoms with Crippen molar-refractivity contribution in [1.82, 2.24) is 10.2 Å². The van der Waals surface area contributed by atoms with E-state index in [9.17, 15) is 14.9 Å². The van der Waals surface area contributed by atoms with Gasteiger partial charge in [0.2, 0.25) is 0 Å². The lowest BCUT2D eigenvalue weighted by atomic mass is 10.2. The number of rotatable bonds is 12. The minimum atomic E-state index is -0.454. The number of aryl methyl sites for hydroxylation is 2. The molecule has 0 spiro atoms. The summed E-state index contributed by atoms with van der Waals surface area (Å²) in [6.07, 6.45) is 0.483. The molecule has 0 aromatic heterocycles. The highest BCUT2D eigenvalue weighted by atomic mass is 16.6. The van der Waals surface area contributed by atoms with Gasteiger partial charge in [0.15, 0.2) is 0 Å². The molecule has 0 atom stereocenters. The molecular weight excluding hydrogens is 598 g/mol. The zero-order valence-corrected chi connectivity index (χ0v) is 29.6. The van der Waals surface area contributed by atoms with Crippen LogP contribution in [0.4, 0.5) is 10.5 Å². The van der Waals surface area contributed by atoms with Crippen molar-refractivity contribution in [1.29, 1.82) is 0 Å². The maximum atomic E-state index is 11.4. The smallest absolute Gasteiger partial charge is 0.407 e. The molecule has 0 bridgehead atoms. The summed E-state index contributed by atoms with van der Waals surface area (Å²) in [7, 11) is 0. The molecule has 0 aliphatic carbocycles. The number of ether oxygens (including phenoxy) is 2. The summed E-state index contributed by atoms with van der Waals surface area (Å²) in [5.74, 6) is 1.50. The van der Waals surface area contributed by atoms with Gasteiger partial charge in [0.05, 0.1) is 11.5 Å². The zero-order chi connectivity index (χ0) is 35.7. The predicted octanol–water partition coefficient (Wildman–Crippen LogP) is 7.33. The van der Waals surface area contributed by atoms with E-state index in [1.54, 1.807) is 19.1 Å². The van der Waals surface area contributed by atoms with Crippen LogP contribution < -0.4 is 10.1 Å². The molecule has 0 saturated carbocycles. The molecule has 0 fully saturated rings. The fourth-order valence-corrected chi connectivity index (χ4v) is 3.80. The first-order chi connectivity index (χ1) is 22.2. The van der Waals surface area contributed by atoms with E-state index in [-0.39, 0.29) is 25.0 Å². The second kappa shape index (κ2) is 25.1. The third-order valence-electron chi connectivity index (χ3n) is 5.87. The van der Waals surface area contributed by atoms with Gasteiger partial charge in [0.25, 0.3) is 5.69 Å². The van der Waals surface area contributed by atoms with Crippen LogP contribution in [0.1, 0.15) is 64.7 Å². The number of nitro benzene ring substituents is 1. The van der Waals surface area contributed by atoms with Crippen molar-refractivity contribution in [2.75, 3.05) is 39.4 Å². The van der Waals surface area contributed by atoms with Crippen molar-refractivity contribution in [3.05, 3.63) is 106 Å². The van der Waals surface area contributed by atoms with E-state index in [1.807, 2.05) is 58.0 Å². The van der Waals surface area contributed by atoms with Gasteiger partial charge in [-0.05, 0) is 78.1 Å². The van der Waals surface area contributed by atoms with Gasteiger partial charge in [-0.15, -0.1) is 0 Å². The number of nitro groups is 1. The summed E-state index contributed by atoms with van der Waals surface area (Å²) in [5, 5.41) is 29.4. The Morgan fingerprint density at radius 2 is 1.45 bits per heavy atom. The van der Waals surface area contributed by atoms with Crippen LogP contribution in [-0.4, -0.2) is 71.1 Å². The van der Waals surface area contributed by atoms with Gasteiger partial charge in [0.1, 0.15) is 18.0 Å². The van der Waals surface area contributed by atoms with Gasteiger partial charge in [-0.1, -0.05) is 79.6 Å². The van der Waals surface area contributed by atoms with Gasteiger partial charge in [0, 0.05) is 38.4 Å². The molecule has 3 N–H and O–H groups in total. The molecule has 1 amide bonds. The number of carbonyl (C=O) groups excluding carboxylic acids is 1. The molecular formula is C37H57N3O7. The quantitative estimate of drug-likeness (QED) is 0.105. The largest absolute Gasteiger partial charge is 0.489 e. The van der Waals surface area contributed by atoms with Gasteiger partial charge in [-0.25, -0.2) is 4.79 Å². The minimum absolute atomic E-state index is 0.144. The summed E-state index contributed by atoms with van der Waals surface area (Å²) in [5.41, 5.74) is 3.17. The molecule has 10 heteroatoms. The van der Waals surface area contributed by atoms with E-state index in [0.717, 1.165) is 30.8 Å². The highest BCUT2D eigenvalue weighted by Crippen LogP contribution is 2.13. The normalized spacial score (nSPS) is 10.4. The maximum absolute atomic E-state index is 11.4. The summed E-state index contributed by atoms with van der Waals surface area (Å²) >= 11 is 0. The summed E-state index contributed by atoms with van der Waals surface area (Å²) < 4.78 is 10.8. The Kier molecular flexibility index (Phi) is 23.0. The Balaban J connectivity index is 0.000000671. The van der Waals surface area contributed by atoms with Gasteiger partial charge in [-0.3, -0.25) is 10.1 Å². The molecule has 3 rings (SSSR count). The number of nitrogens with one attached hydrogen (secondary N) is 1. The molecule has 262 valence electrons. The number of benzene rings is 3. The van der Waals surface area contributed by atoms with Crippen LogP contribution in [0, 0.1) is 29.9 Å². The number of alkyl carbamates (subject to hydrolysis) is 1.